The molecule has 1 aromatic heterocycles. The fraction of sp³-hybridized carbons (Fsp3) is 0.542. The molecular formula is C24H32N4O2S. The van der Waals surface area contributed by atoms with E-state index in [-0.39, 0.29) is 17.7 Å². The molecule has 0 unspecified atom stereocenters. The molecule has 0 spiro atoms. The smallest absolute Gasteiger partial charge is 0.253 e. The van der Waals surface area contributed by atoms with Gasteiger partial charge in [-0.25, -0.2) is 4.98 Å². The van der Waals surface area contributed by atoms with Crippen molar-refractivity contribution in [1.29, 1.82) is 0 Å². The van der Waals surface area contributed by atoms with E-state index >= 15 is 0 Å². The molecule has 3 heterocycles. The van der Waals surface area contributed by atoms with Gasteiger partial charge in [0, 0.05) is 49.6 Å². The standard InChI is InChI=1S/C24H32N4O2S/c1-3-19-4-6-20(7-5-19)23(29)27-12-14-28(15-13-27)24(30)21-8-10-26(11-9-21)16-22-17-31-18(2)25-22/h4-7,17,21H,3,8-16H2,1-2H3. The maximum absolute atomic E-state index is 13.0. The van der Waals surface area contributed by atoms with Crippen molar-refractivity contribution in [3.63, 3.8) is 0 Å². The summed E-state index contributed by atoms with van der Waals surface area (Å²) in [6.07, 6.45) is 2.79. The van der Waals surface area contributed by atoms with Crippen molar-refractivity contribution in [3.05, 3.63) is 51.5 Å². The molecule has 0 radical (unpaired) electrons. The first-order valence-corrected chi connectivity index (χ1v) is 12.2. The van der Waals surface area contributed by atoms with E-state index in [1.807, 2.05) is 41.0 Å². The van der Waals surface area contributed by atoms with Crippen LogP contribution in [0, 0.1) is 12.8 Å². The van der Waals surface area contributed by atoms with E-state index in [4.69, 9.17) is 0 Å². The zero-order chi connectivity index (χ0) is 21.8. The highest BCUT2D eigenvalue weighted by Gasteiger charge is 2.31. The number of rotatable bonds is 5. The Kier molecular flexibility index (Phi) is 7.02. The fourth-order valence-corrected chi connectivity index (χ4v) is 5.11. The molecule has 1 aromatic carbocycles. The Morgan fingerprint density at radius 1 is 1.00 bits per heavy atom. The van der Waals surface area contributed by atoms with Gasteiger partial charge in [-0.2, -0.15) is 0 Å². The average Bonchev–Trinajstić information content (AvgIpc) is 3.23. The van der Waals surface area contributed by atoms with Crippen molar-refractivity contribution in [1.82, 2.24) is 19.7 Å². The summed E-state index contributed by atoms with van der Waals surface area (Å²) < 4.78 is 0. The second-order valence-electron chi connectivity index (χ2n) is 8.58. The predicted octanol–water partition coefficient (Wildman–Crippen LogP) is 3.21. The minimum atomic E-state index is 0.0698. The van der Waals surface area contributed by atoms with Gasteiger partial charge in [0.25, 0.3) is 5.91 Å². The fourth-order valence-electron chi connectivity index (χ4n) is 4.50. The number of piperazine rings is 1. The first-order valence-electron chi connectivity index (χ1n) is 11.3. The van der Waals surface area contributed by atoms with E-state index in [0.29, 0.717) is 26.2 Å². The topological polar surface area (TPSA) is 56.8 Å². The van der Waals surface area contributed by atoms with Gasteiger partial charge in [-0.1, -0.05) is 19.1 Å². The molecule has 2 aromatic rings. The van der Waals surface area contributed by atoms with Crippen molar-refractivity contribution in [2.75, 3.05) is 39.3 Å². The number of hydrogen-bond acceptors (Lipinski definition) is 5. The zero-order valence-electron chi connectivity index (χ0n) is 18.5. The lowest BCUT2D eigenvalue weighted by atomic mass is 9.95. The number of hydrogen-bond donors (Lipinski definition) is 0. The van der Waals surface area contributed by atoms with Crippen LogP contribution in [-0.2, 0) is 17.8 Å². The average molecular weight is 441 g/mol. The van der Waals surface area contributed by atoms with Crippen LogP contribution in [0.1, 0.15) is 46.4 Å². The molecule has 31 heavy (non-hydrogen) atoms. The summed E-state index contributed by atoms with van der Waals surface area (Å²) in [5, 5.41) is 3.24. The minimum absolute atomic E-state index is 0.0698. The van der Waals surface area contributed by atoms with Crippen molar-refractivity contribution in [3.8, 4) is 0 Å². The molecule has 4 rings (SSSR count). The second kappa shape index (κ2) is 9.92. The van der Waals surface area contributed by atoms with E-state index in [1.165, 1.54) is 5.56 Å². The molecule has 166 valence electrons. The van der Waals surface area contributed by atoms with Gasteiger partial charge in [-0.15, -0.1) is 11.3 Å². The maximum Gasteiger partial charge on any atom is 0.253 e. The van der Waals surface area contributed by atoms with Crippen LogP contribution in [0.4, 0.5) is 0 Å². The van der Waals surface area contributed by atoms with Crippen LogP contribution in [0.25, 0.3) is 0 Å². The summed E-state index contributed by atoms with van der Waals surface area (Å²) >= 11 is 1.69. The SMILES string of the molecule is CCc1ccc(C(=O)N2CCN(C(=O)C3CCN(Cc4csc(C)n4)CC3)CC2)cc1. The lowest BCUT2D eigenvalue weighted by Gasteiger charge is -2.38. The van der Waals surface area contributed by atoms with Gasteiger partial charge in [0.2, 0.25) is 5.91 Å². The second-order valence-corrected chi connectivity index (χ2v) is 9.64. The van der Waals surface area contributed by atoms with Gasteiger partial charge in [0.1, 0.15) is 0 Å². The van der Waals surface area contributed by atoms with Crippen LogP contribution >= 0.6 is 11.3 Å². The molecule has 2 amide bonds. The number of thiazole rings is 1. The van der Waals surface area contributed by atoms with Gasteiger partial charge >= 0.3 is 0 Å². The first kappa shape index (κ1) is 22.0. The minimum Gasteiger partial charge on any atom is -0.339 e. The summed E-state index contributed by atoms with van der Waals surface area (Å²) in [6, 6.07) is 7.88. The summed E-state index contributed by atoms with van der Waals surface area (Å²) in [7, 11) is 0. The number of carbonyl (C=O) groups excluding carboxylic acids is 2. The molecule has 2 aliphatic rings. The Hall–Kier alpha value is -2.25. The summed E-state index contributed by atoms with van der Waals surface area (Å²) in [5.41, 5.74) is 3.11. The number of likely N-dealkylation sites (tertiary alicyclic amines) is 1. The van der Waals surface area contributed by atoms with E-state index in [9.17, 15) is 9.59 Å². The molecular weight excluding hydrogens is 408 g/mol. The van der Waals surface area contributed by atoms with Crippen LogP contribution in [-0.4, -0.2) is 70.8 Å². The molecule has 0 saturated carbocycles. The molecule has 6 nitrogen and oxygen atoms in total. The third-order valence-electron chi connectivity index (χ3n) is 6.48. The number of amides is 2. The van der Waals surface area contributed by atoms with Crippen molar-refractivity contribution >= 4 is 23.2 Å². The van der Waals surface area contributed by atoms with Gasteiger partial charge < -0.3 is 9.80 Å². The Labute approximate surface area is 188 Å². The van der Waals surface area contributed by atoms with Crippen molar-refractivity contribution < 1.29 is 9.59 Å². The maximum atomic E-state index is 13.0. The van der Waals surface area contributed by atoms with Crippen LogP contribution in [0.15, 0.2) is 29.6 Å². The lowest BCUT2D eigenvalue weighted by Crippen LogP contribution is -2.52. The number of piperidine rings is 1. The summed E-state index contributed by atoms with van der Waals surface area (Å²) in [6.45, 7) is 9.41. The zero-order valence-corrected chi connectivity index (χ0v) is 19.4. The molecule has 7 heteroatoms. The molecule has 0 aliphatic carbocycles. The lowest BCUT2D eigenvalue weighted by molar-refractivity contribution is -0.138. The Morgan fingerprint density at radius 2 is 1.65 bits per heavy atom. The molecule has 0 bridgehead atoms. The quantitative estimate of drug-likeness (QED) is 0.716. The largest absolute Gasteiger partial charge is 0.339 e. The van der Waals surface area contributed by atoms with Crippen LogP contribution in [0.2, 0.25) is 0 Å². The Morgan fingerprint density at radius 3 is 2.23 bits per heavy atom. The number of benzene rings is 1. The molecule has 2 aliphatic heterocycles. The highest BCUT2D eigenvalue weighted by Crippen LogP contribution is 2.22. The van der Waals surface area contributed by atoms with Crippen LogP contribution in [0.5, 0.6) is 0 Å². The van der Waals surface area contributed by atoms with Crippen LogP contribution < -0.4 is 0 Å². The van der Waals surface area contributed by atoms with Crippen molar-refractivity contribution in [2.24, 2.45) is 5.92 Å². The molecule has 0 atom stereocenters. The van der Waals surface area contributed by atoms with Gasteiger partial charge in [0.15, 0.2) is 0 Å². The third-order valence-corrected chi connectivity index (χ3v) is 7.30. The molecule has 2 saturated heterocycles. The number of aromatic nitrogens is 1. The van der Waals surface area contributed by atoms with Crippen molar-refractivity contribution in [2.45, 2.75) is 39.7 Å². The first-order chi connectivity index (χ1) is 15.0. The highest BCUT2D eigenvalue weighted by molar-refractivity contribution is 7.09. The van der Waals surface area contributed by atoms with E-state index in [0.717, 1.165) is 55.2 Å². The predicted molar refractivity (Wildman–Crippen MR) is 123 cm³/mol. The van der Waals surface area contributed by atoms with E-state index < -0.39 is 0 Å². The normalized spacial score (nSPS) is 18.4. The van der Waals surface area contributed by atoms with E-state index in [1.54, 1.807) is 11.3 Å². The number of carbonyl (C=O) groups is 2. The van der Waals surface area contributed by atoms with E-state index in [2.05, 4.69) is 22.2 Å². The highest BCUT2D eigenvalue weighted by atomic mass is 32.1. The number of nitrogens with zero attached hydrogens (tertiary/aromatic N) is 4. The van der Waals surface area contributed by atoms with Gasteiger partial charge in [0.05, 0.1) is 10.7 Å². The Balaban J connectivity index is 1.23. The summed E-state index contributed by atoms with van der Waals surface area (Å²) in [4.78, 5) is 36.6. The Bertz CT molecular complexity index is 895. The van der Waals surface area contributed by atoms with Crippen LogP contribution in [0.3, 0.4) is 0 Å². The molecule has 2 fully saturated rings. The number of aryl methyl sites for hydroxylation is 2. The summed E-state index contributed by atoms with van der Waals surface area (Å²) in [5.74, 6) is 0.446. The van der Waals surface area contributed by atoms with Gasteiger partial charge in [-0.3, -0.25) is 14.5 Å². The van der Waals surface area contributed by atoms with Gasteiger partial charge in [-0.05, 0) is 57.0 Å². The molecule has 0 N–H and O–H groups in total. The third kappa shape index (κ3) is 5.33. The monoisotopic (exact) mass is 440 g/mol.